The first-order valence-corrected chi connectivity index (χ1v) is 9.60. The van der Waals surface area contributed by atoms with Crippen LogP contribution in [0.4, 0.5) is 0 Å². The highest BCUT2D eigenvalue weighted by Crippen LogP contribution is 2.22. The first-order chi connectivity index (χ1) is 10.3. The fourth-order valence-electron chi connectivity index (χ4n) is 2.38. The molecule has 6 heteroatoms. The highest BCUT2D eigenvalue weighted by atomic mass is 32.2. The maximum atomic E-state index is 11.8. The molecule has 2 rings (SSSR count). The summed E-state index contributed by atoms with van der Waals surface area (Å²) in [5, 5.41) is 4.96. The van der Waals surface area contributed by atoms with Gasteiger partial charge in [-0.05, 0) is 37.9 Å². The van der Waals surface area contributed by atoms with Crippen molar-refractivity contribution in [3.8, 4) is 0 Å². The van der Waals surface area contributed by atoms with Crippen LogP contribution in [-0.4, -0.2) is 35.9 Å². The predicted octanol–water partition coefficient (Wildman–Crippen LogP) is 3.26. The lowest BCUT2D eigenvalue weighted by Gasteiger charge is -2.09. The molecule has 0 saturated carbocycles. The Morgan fingerprint density at radius 1 is 1.57 bits per heavy atom. The SMILES string of the molecule is CCSc1nc(CC(=O)NCCCCC2CCCO2)cs1. The number of amides is 1. The molecule has 1 aliphatic rings. The van der Waals surface area contributed by atoms with E-state index >= 15 is 0 Å². The smallest absolute Gasteiger partial charge is 0.226 e. The van der Waals surface area contributed by atoms with Crippen LogP contribution in [0.15, 0.2) is 9.72 Å². The van der Waals surface area contributed by atoms with Gasteiger partial charge in [-0.1, -0.05) is 18.7 Å². The van der Waals surface area contributed by atoms with Crippen LogP contribution < -0.4 is 5.32 Å². The molecular weight excluding hydrogens is 304 g/mol. The second-order valence-electron chi connectivity index (χ2n) is 5.20. The lowest BCUT2D eigenvalue weighted by Crippen LogP contribution is -2.26. The van der Waals surface area contributed by atoms with Gasteiger partial charge in [-0.25, -0.2) is 4.98 Å². The zero-order valence-electron chi connectivity index (χ0n) is 12.6. The highest BCUT2D eigenvalue weighted by molar-refractivity contribution is 8.00. The summed E-state index contributed by atoms with van der Waals surface area (Å²) in [4.78, 5) is 16.3. The van der Waals surface area contributed by atoms with Crippen LogP contribution in [-0.2, 0) is 16.0 Å². The molecule has 0 aromatic carbocycles. The average Bonchev–Trinajstić information content (AvgIpc) is 3.11. The number of thioether (sulfide) groups is 1. The zero-order chi connectivity index (χ0) is 14.9. The largest absolute Gasteiger partial charge is 0.378 e. The van der Waals surface area contributed by atoms with Crippen molar-refractivity contribution < 1.29 is 9.53 Å². The molecule has 1 atom stereocenters. The molecule has 1 saturated heterocycles. The Morgan fingerprint density at radius 3 is 3.24 bits per heavy atom. The third-order valence-corrected chi connectivity index (χ3v) is 5.39. The summed E-state index contributed by atoms with van der Waals surface area (Å²) in [5.41, 5.74) is 0.882. The van der Waals surface area contributed by atoms with Gasteiger partial charge in [0.15, 0.2) is 0 Å². The van der Waals surface area contributed by atoms with Crippen molar-refractivity contribution in [1.82, 2.24) is 10.3 Å². The van der Waals surface area contributed by atoms with Gasteiger partial charge in [0.2, 0.25) is 5.91 Å². The maximum absolute atomic E-state index is 11.8. The molecule has 4 nitrogen and oxygen atoms in total. The van der Waals surface area contributed by atoms with Gasteiger partial charge in [-0.2, -0.15) is 0 Å². The number of carbonyl (C=O) groups excluding carboxylic acids is 1. The first kappa shape index (κ1) is 16.8. The molecule has 1 fully saturated rings. The van der Waals surface area contributed by atoms with Crippen molar-refractivity contribution in [3.05, 3.63) is 11.1 Å². The van der Waals surface area contributed by atoms with E-state index in [1.807, 2.05) is 5.38 Å². The van der Waals surface area contributed by atoms with Crippen molar-refractivity contribution in [2.75, 3.05) is 18.9 Å². The van der Waals surface area contributed by atoms with Crippen LogP contribution in [0.2, 0.25) is 0 Å². The Balaban J connectivity index is 1.54. The van der Waals surface area contributed by atoms with Gasteiger partial charge in [0.1, 0.15) is 4.34 Å². The summed E-state index contributed by atoms with van der Waals surface area (Å²) in [6, 6.07) is 0. The van der Waals surface area contributed by atoms with E-state index in [-0.39, 0.29) is 5.91 Å². The number of unbranched alkanes of at least 4 members (excludes halogenated alkanes) is 1. The monoisotopic (exact) mass is 328 g/mol. The molecule has 0 aliphatic carbocycles. The summed E-state index contributed by atoms with van der Waals surface area (Å²) in [6.07, 6.45) is 6.54. The number of thiazole rings is 1. The molecule has 1 aromatic heterocycles. The molecule has 21 heavy (non-hydrogen) atoms. The topological polar surface area (TPSA) is 51.2 Å². The predicted molar refractivity (Wildman–Crippen MR) is 88.1 cm³/mol. The van der Waals surface area contributed by atoms with Gasteiger partial charge in [-0.15, -0.1) is 11.3 Å². The maximum Gasteiger partial charge on any atom is 0.226 e. The van der Waals surface area contributed by atoms with Crippen molar-refractivity contribution >= 4 is 29.0 Å². The lowest BCUT2D eigenvalue weighted by atomic mass is 10.1. The molecule has 1 unspecified atom stereocenters. The Morgan fingerprint density at radius 2 is 2.48 bits per heavy atom. The molecular formula is C15H24N2O2S2. The normalized spacial score (nSPS) is 18.0. The van der Waals surface area contributed by atoms with Gasteiger partial charge in [0.25, 0.3) is 0 Å². The number of nitrogens with zero attached hydrogens (tertiary/aromatic N) is 1. The summed E-state index contributed by atoms with van der Waals surface area (Å²) in [6.45, 7) is 3.79. The van der Waals surface area contributed by atoms with Crippen molar-refractivity contribution in [3.63, 3.8) is 0 Å². The number of hydrogen-bond donors (Lipinski definition) is 1. The van der Waals surface area contributed by atoms with E-state index in [0.29, 0.717) is 12.5 Å². The highest BCUT2D eigenvalue weighted by Gasteiger charge is 2.14. The van der Waals surface area contributed by atoms with Crippen LogP contribution in [0.1, 0.15) is 44.7 Å². The van der Waals surface area contributed by atoms with Crippen LogP contribution in [0.5, 0.6) is 0 Å². The number of aromatic nitrogens is 1. The Kier molecular flexibility index (Phi) is 7.53. The molecule has 0 spiro atoms. The van der Waals surface area contributed by atoms with Crippen LogP contribution >= 0.6 is 23.1 Å². The van der Waals surface area contributed by atoms with Crippen LogP contribution in [0, 0.1) is 0 Å². The molecule has 1 aromatic rings. The van der Waals surface area contributed by atoms with Crippen LogP contribution in [0.3, 0.4) is 0 Å². The van der Waals surface area contributed by atoms with Crippen molar-refractivity contribution in [1.29, 1.82) is 0 Å². The average molecular weight is 329 g/mol. The molecule has 0 radical (unpaired) electrons. The second-order valence-corrected chi connectivity index (χ2v) is 7.56. The van der Waals surface area contributed by atoms with Gasteiger partial charge in [-0.3, -0.25) is 4.79 Å². The summed E-state index contributed by atoms with van der Waals surface area (Å²) in [7, 11) is 0. The molecule has 0 bridgehead atoms. The molecule has 1 N–H and O–H groups in total. The third kappa shape index (κ3) is 6.36. The summed E-state index contributed by atoms with van der Waals surface area (Å²) >= 11 is 3.34. The number of rotatable bonds is 9. The van der Waals surface area contributed by atoms with Gasteiger partial charge in [0.05, 0.1) is 18.2 Å². The number of nitrogens with one attached hydrogen (secondary N) is 1. The van der Waals surface area contributed by atoms with E-state index in [2.05, 4.69) is 17.2 Å². The number of hydrogen-bond acceptors (Lipinski definition) is 5. The third-order valence-electron chi connectivity index (χ3n) is 3.44. The van der Waals surface area contributed by atoms with E-state index in [9.17, 15) is 4.79 Å². The minimum absolute atomic E-state index is 0.0745. The Labute approximate surface area is 135 Å². The quantitative estimate of drug-likeness (QED) is 0.558. The minimum Gasteiger partial charge on any atom is -0.378 e. The summed E-state index contributed by atoms with van der Waals surface area (Å²) in [5.74, 6) is 1.09. The first-order valence-electron chi connectivity index (χ1n) is 7.73. The van der Waals surface area contributed by atoms with Crippen LogP contribution in [0.25, 0.3) is 0 Å². The van der Waals surface area contributed by atoms with Crippen molar-refractivity contribution in [2.45, 2.75) is 55.9 Å². The molecule has 1 aliphatic heterocycles. The fraction of sp³-hybridized carbons (Fsp3) is 0.733. The fourth-order valence-corrected chi connectivity index (χ4v) is 4.12. The molecule has 2 heterocycles. The van der Waals surface area contributed by atoms with E-state index in [4.69, 9.17) is 4.74 Å². The Hall–Kier alpha value is -0.590. The molecule has 1 amide bonds. The van der Waals surface area contributed by atoms with E-state index in [1.165, 1.54) is 12.8 Å². The van der Waals surface area contributed by atoms with E-state index in [0.717, 1.165) is 48.2 Å². The Bertz CT molecular complexity index is 431. The van der Waals surface area contributed by atoms with Gasteiger partial charge < -0.3 is 10.1 Å². The second kappa shape index (κ2) is 9.43. The van der Waals surface area contributed by atoms with Crippen molar-refractivity contribution in [2.24, 2.45) is 0 Å². The number of ether oxygens (including phenoxy) is 1. The minimum atomic E-state index is 0.0745. The number of carbonyl (C=O) groups is 1. The molecule has 118 valence electrons. The summed E-state index contributed by atoms with van der Waals surface area (Å²) < 4.78 is 6.64. The lowest BCUT2D eigenvalue weighted by molar-refractivity contribution is -0.120. The van der Waals surface area contributed by atoms with Gasteiger partial charge in [0, 0.05) is 18.5 Å². The van der Waals surface area contributed by atoms with E-state index < -0.39 is 0 Å². The zero-order valence-corrected chi connectivity index (χ0v) is 14.2. The standard InChI is InChI=1S/C15H24N2O2S2/c1-2-20-15-17-12(11-21-15)10-14(18)16-8-4-3-6-13-7-5-9-19-13/h11,13H,2-10H2,1H3,(H,16,18). The van der Waals surface area contributed by atoms with Gasteiger partial charge >= 0.3 is 0 Å². The van der Waals surface area contributed by atoms with E-state index in [1.54, 1.807) is 23.1 Å².